The van der Waals surface area contributed by atoms with Crippen molar-refractivity contribution in [1.29, 1.82) is 0 Å². The Morgan fingerprint density at radius 3 is 2.37 bits per heavy atom. The van der Waals surface area contributed by atoms with Gasteiger partial charge >= 0.3 is 0 Å². The van der Waals surface area contributed by atoms with Crippen molar-refractivity contribution < 1.29 is 4.39 Å². The fraction of sp³-hybridized carbons (Fsp3) is 0.625. The minimum atomic E-state index is -0.106. The average molecular weight is 283 g/mol. The van der Waals surface area contributed by atoms with Crippen LogP contribution in [-0.4, -0.2) is 10.8 Å². The van der Waals surface area contributed by atoms with Crippen LogP contribution in [0.3, 0.4) is 0 Å². The Labute approximate surface area is 121 Å². The quantitative estimate of drug-likeness (QED) is 0.775. The van der Waals surface area contributed by atoms with Crippen LogP contribution in [0.4, 0.5) is 4.39 Å². The molecule has 0 aliphatic heterocycles. The summed E-state index contributed by atoms with van der Waals surface area (Å²) in [5.41, 5.74) is 1.09. The molecule has 3 heteroatoms. The van der Waals surface area contributed by atoms with Gasteiger partial charge in [0.2, 0.25) is 0 Å². The molecule has 0 saturated carbocycles. The molecule has 0 aliphatic carbocycles. The number of rotatable bonds is 5. The van der Waals surface area contributed by atoms with E-state index in [4.69, 9.17) is 0 Å². The number of thioether (sulfide) groups is 1. The van der Waals surface area contributed by atoms with Crippen LogP contribution in [0.2, 0.25) is 0 Å². The summed E-state index contributed by atoms with van der Waals surface area (Å²) >= 11 is 1.64. The zero-order valence-electron chi connectivity index (χ0n) is 12.9. The highest BCUT2D eigenvalue weighted by Gasteiger charge is 2.17. The Morgan fingerprint density at radius 1 is 1.21 bits per heavy atom. The zero-order valence-corrected chi connectivity index (χ0v) is 13.7. The summed E-state index contributed by atoms with van der Waals surface area (Å²) < 4.78 is 14.0. The monoisotopic (exact) mass is 283 g/mol. The van der Waals surface area contributed by atoms with Crippen LogP contribution in [0.15, 0.2) is 23.1 Å². The molecule has 0 fully saturated rings. The minimum Gasteiger partial charge on any atom is -0.308 e. The van der Waals surface area contributed by atoms with Gasteiger partial charge in [0.25, 0.3) is 0 Å². The van der Waals surface area contributed by atoms with Crippen molar-refractivity contribution in [2.75, 3.05) is 0 Å². The molecule has 0 aliphatic rings. The van der Waals surface area contributed by atoms with Gasteiger partial charge in [-0.05, 0) is 38.3 Å². The first kappa shape index (κ1) is 16.5. The van der Waals surface area contributed by atoms with Gasteiger partial charge in [0.1, 0.15) is 5.82 Å². The van der Waals surface area contributed by atoms with Crippen LogP contribution < -0.4 is 5.32 Å². The Balaban J connectivity index is 2.89. The van der Waals surface area contributed by atoms with E-state index in [1.54, 1.807) is 23.9 Å². The fourth-order valence-corrected chi connectivity index (χ4v) is 2.62. The highest BCUT2D eigenvalue weighted by molar-refractivity contribution is 8.00. The van der Waals surface area contributed by atoms with Gasteiger partial charge in [0.15, 0.2) is 0 Å². The summed E-state index contributed by atoms with van der Waals surface area (Å²) in [4.78, 5) is 0.792. The number of benzene rings is 1. The van der Waals surface area contributed by atoms with Gasteiger partial charge in [-0.15, -0.1) is 11.8 Å². The normalized spacial score (nSPS) is 13.9. The number of halogens is 1. The third kappa shape index (κ3) is 5.53. The van der Waals surface area contributed by atoms with E-state index in [1.165, 1.54) is 0 Å². The summed E-state index contributed by atoms with van der Waals surface area (Å²) in [6, 6.07) is 5.35. The molecule has 0 amide bonds. The van der Waals surface area contributed by atoms with E-state index >= 15 is 0 Å². The van der Waals surface area contributed by atoms with Crippen LogP contribution in [-0.2, 0) is 6.54 Å². The maximum absolute atomic E-state index is 14.0. The van der Waals surface area contributed by atoms with E-state index in [1.807, 2.05) is 6.07 Å². The summed E-state index contributed by atoms with van der Waals surface area (Å²) in [5.74, 6) is 0.429. The molecule has 0 heterocycles. The van der Waals surface area contributed by atoms with Crippen molar-refractivity contribution in [2.24, 2.45) is 5.92 Å². The van der Waals surface area contributed by atoms with Gasteiger partial charge in [-0.25, -0.2) is 4.39 Å². The van der Waals surface area contributed by atoms with Crippen LogP contribution >= 0.6 is 11.8 Å². The molecular formula is C16H26FNS. The van der Waals surface area contributed by atoms with Crippen LogP contribution in [0.1, 0.15) is 47.1 Å². The average Bonchev–Trinajstić information content (AvgIpc) is 2.28. The van der Waals surface area contributed by atoms with Crippen LogP contribution in [0, 0.1) is 11.7 Å². The van der Waals surface area contributed by atoms with Gasteiger partial charge in [-0.2, -0.15) is 0 Å². The molecule has 1 rings (SSSR count). The molecule has 0 spiro atoms. The van der Waals surface area contributed by atoms with Crippen molar-refractivity contribution >= 4 is 11.8 Å². The van der Waals surface area contributed by atoms with Gasteiger partial charge in [0, 0.05) is 22.2 Å². The van der Waals surface area contributed by atoms with Gasteiger partial charge in [-0.1, -0.05) is 32.9 Å². The lowest BCUT2D eigenvalue weighted by molar-refractivity contribution is 0.421. The molecule has 0 aromatic heterocycles. The zero-order chi connectivity index (χ0) is 14.6. The molecule has 1 unspecified atom stereocenters. The Kier molecular flexibility index (Phi) is 5.87. The number of hydrogen-bond donors (Lipinski definition) is 1. The second kappa shape index (κ2) is 6.76. The Bertz CT molecular complexity index is 410. The van der Waals surface area contributed by atoms with Crippen molar-refractivity contribution in [2.45, 2.75) is 63.8 Å². The van der Waals surface area contributed by atoms with Crippen LogP contribution in [0.25, 0.3) is 0 Å². The molecule has 1 atom stereocenters. The predicted molar refractivity (Wildman–Crippen MR) is 83.1 cm³/mol. The van der Waals surface area contributed by atoms with Crippen molar-refractivity contribution in [1.82, 2.24) is 5.32 Å². The standard InChI is InChI=1S/C16H26FNS/c1-11(2)12(3)19-15-13(8-7-9-14(15)17)10-18-16(4,5)6/h7-9,11-12,18H,10H2,1-6H3. The topological polar surface area (TPSA) is 12.0 Å². The molecule has 1 aromatic carbocycles. The minimum absolute atomic E-state index is 0.0396. The van der Waals surface area contributed by atoms with E-state index in [0.29, 0.717) is 17.7 Å². The highest BCUT2D eigenvalue weighted by atomic mass is 32.2. The van der Waals surface area contributed by atoms with E-state index in [9.17, 15) is 4.39 Å². The molecule has 0 radical (unpaired) electrons. The lowest BCUT2D eigenvalue weighted by Gasteiger charge is -2.23. The third-order valence-corrected chi connectivity index (χ3v) is 4.71. The summed E-state index contributed by atoms with van der Waals surface area (Å²) in [7, 11) is 0. The maximum atomic E-state index is 14.0. The Morgan fingerprint density at radius 2 is 1.84 bits per heavy atom. The van der Waals surface area contributed by atoms with Crippen LogP contribution in [0.5, 0.6) is 0 Å². The molecule has 0 bridgehead atoms. The smallest absolute Gasteiger partial charge is 0.137 e. The lowest BCUT2D eigenvalue weighted by atomic mass is 10.1. The van der Waals surface area contributed by atoms with Gasteiger partial charge in [0.05, 0.1) is 0 Å². The summed E-state index contributed by atoms with van der Waals surface area (Å²) in [6.45, 7) is 13.6. The summed E-state index contributed by atoms with van der Waals surface area (Å²) in [6.07, 6.45) is 0. The molecule has 1 N–H and O–H groups in total. The number of hydrogen-bond acceptors (Lipinski definition) is 2. The molecule has 0 saturated heterocycles. The SMILES string of the molecule is CC(C)C(C)Sc1c(F)cccc1CNC(C)(C)C. The van der Waals surface area contributed by atoms with Crippen molar-refractivity contribution in [3.8, 4) is 0 Å². The van der Waals surface area contributed by atoms with E-state index in [0.717, 1.165) is 10.5 Å². The maximum Gasteiger partial charge on any atom is 0.137 e. The molecule has 19 heavy (non-hydrogen) atoms. The third-order valence-electron chi connectivity index (χ3n) is 3.10. The number of nitrogens with one attached hydrogen (secondary N) is 1. The first-order valence-electron chi connectivity index (χ1n) is 6.90. The molecule has 1 nitrogen and oxygen atoms in total. The second-order valence-electron chi connectivity index (χ2n) is 6.40. The first-order chi connectivity index (χ1) is 8.70. The lowest BCUT2D eigenvalue weighted by Crippen LogP contribution is -2.35. The van der Waals surface area contributed by atoms with E-state index in [2.05, 4.69) is 46.9 Å². The highest BCUT2D eigenvalue weighted by Crippen LogP contribution is 2.32. The Hall–Kier alpha value is -0.540. The predicted octanol–water partition coefficient (Wildman–Crippen LogP) is 4.85. The van der Waals surface area contributed by atoms with E-state index < -0.39 is 0 Å². The summed E-state index contributed by atoms with van der Waals surface area (Å²) in [5, 5.41) is 3.84. The molecule has 1 aromatic rings. The first-order valence-corrected chi connectivity index (χ1v) is 7.77. The van der Waals surface area contributed by atoms with Crippen molar-refractivity contribution in [3.63, 3.8) is 0 Å². The van der Waals surface area contributed by atoms with Gasteiger partial charge < -0.3 is 5.32 Å². The fourth-order valence-electron chi connectivity index (χ4n) is 1.51. The van der Waals surface area contributed by atoms with Crippen molar-refractivity contribution in [3.05, 3.63) is 29.6 Å². The van der Waals surface area contributed by atoms with E-state index in [-0.39, 0.29) is 11.4 Å². The second-order valence-corrected chi connectivity index (χ2v) is 7.79. The largest absolute Gasteiger partial charge is 0.308 e. The van der Waals surface area contributed by atoms with Gasteiger partial charge in [-0.3, -0.25) is 0 Å². The molecule has 108 valence electrons. The molecular weight excluding hydrogens is 257 g/mol.